The zero-order chi connectivity index (χ0) is 18.8. The molecule has 26 heavy (non-hydrogen) atoms. The Hall–Kier alpha value is -2.64. The van der Waals surface area contributed by atoms with E-state index in [0.717, 1.165) is 22.7 Å². The Kier molecular flexibility index (Phi) is 5.11. The Morgan fingerprint density at radius 3 is 2.73 bits per heavy atom. The quantitative estimate of drug-likeness (QED) is 0.896. The highest BCUT2D eigenvalue weighted by molar-refractivity contribution is 5.92. The molecule has 3 rings (SSSR count). The summed E-state index contributed by atoms with van der Waals surface area (Å²) < 4.78 is 6.86. The molecule has 0 saturated carbocycles. The van der Waals surface area contributed by atoms with Crippen LogP contribution in [0.15, 0.2) is 10.6 Å². The summed E-state index contributed by atoms with van der Waals surface area (Å²) in [6.45, 7) is 6.73. The van der Waals surface area contributed by atoms with E-state index in [4.69, 9.17) is 4.52 Å². The van der Waals surface area contributed by atoms with E-state index in [1.165, 1.54) is 0 Å². The highest BCUT2D eigenvalue weighted by atomic mass is 16.5. The van der Waals surface area contributed by atoms with Crippen molar-refractivity contribution in [2.24, 2.45) is 7.05 Å². The van der Waals surface area contributed by atoms with Gasteiger partial charge in [-0.15, -0.1) is 0 Å². The van der Waals surface area contributed by atoms with Crippen LogP contribution in [-0.2, 0) is 18.4 Å². The maximum absolute atomic E-state index is 12.5. The number of rotatable bonds is 4. The largest absolute Gasteiger partial charge is 0.361 e. The molecular formula is C18H25N5O3. The second-order valence-corrected chi connectivity index (χ2v) is 6.91. The van der Waals surface area contributed by atoms with E-state index in [0.29, 0.717) is 38.0 Å². The third-order valence-corrected chi connectivity index (χ3v) is 5.02. The van der Waals surface area contributed by atoms with Gasteiger partial charge in [-0.25, -0.2) is 0 Å². The standard InChI is InChI=1S/C18H25N5O3/c1-11-9-16(20-22(11)4)18(25)19-14-5-6-17(24)23(8-7-14)10-15-12(2)21-26-13(15)3/h9,14H,5-8,10H2,1-4H3,(H,19,25). The second-order valence-electron chi connectivity index (χ2n) is 6.91. The van der Waals surface area contributed by atoms with E-state index in [2.05, 4.69) is 15.6 Å². The van der Waals surface area contributed by atoms with Gasteiger partial charge >= 0.3 is 0 Å². The Labute approximate surface area is 152 Å². The summed E-state index contributed by atoms with van der Waals surface area (Å²) in [6.07, 6.45) is 1.76. The molecule has 0 spiro atoms. The summed E-state index contributed by atoms with van der Waals surface area (Å²) in [5, 5.41) is 11.2. The fourth-order valence-electron chi connectivity index (χ4n) is 3.20. The van der Waals surface area contributed by atoms with Crippen LogP contribution < -0.4 is 5.32 Å². The first-order valence-electron chi connectivity index (χ1n) is 8.86. The van der Waals surface area contributed by atoms with Crippen LogP contribution in [0.1, 0.15) is 52.5 Å². The van der Waals surface area contributed by atoms with Gasteiger partial charge in [0, 0.05) is 37.3 Å². The fraction of sp³-hybridized carbons (Fsp3) is 0.556. The number of aryl methyl sites for hydroxylation is 4. The lowest BCUT2D eigenvalue weighted by Gasteiger charge is -2.21. The molecule has 0 bridgehead atoms. The zero-order valence-corrected chi connectivity index (χ0v) is 15.7. The zero-order valence-electron chi connectivity index (χ0n) is 15.7. The van der Waals surface area contributed by atoms with E-state index in [-0.39, 0.29) is 17.9 Å². The first-order valence-corrected chi connectivity index (χ1v) is 8.86. The number of nitrogens with one attached hydrogen (secondary N) is 1. The highest BCUT2D eigenvalue weighted by Crippen LogP contribution is 2.19. The summed E-state index contributed by atoms with van der Waals surface area (Å²) in [5.41, 5.74) is 3.12. The lowest BCUT2D eigenvalue weighted by atomic mass is 10.1. The van der Waals surface area contributed by atoms with E-state index in [1.54, 1.807) is 10.7 Å². The van der Waals surface area contributed by atoms with Gasteiger partial charge in [0.25, 0.3) is 5.91 Å². The molecule has 2 aromatic rings. The Morgan fingerprint density at radius 1 is 1.35 bits per heavy atom. The predicted octanol–water partition coefficient (Wildman–Crippen LogP) is 1.64. The molecule has 8 heteroatoms. The Morgan fingerprint density at radius 2 is 2.12 bits per heavy atom. The number of carbonyl (C=O) groups excluding carboxylic acids is 2. The molecule has 1 atom stereocenters. The molecule has 2 aromatic heterocycles. The maximum Gasteiger partial charge on any atom is 0.272 e. The van der Waals surface area contributed by atoms with Crippen LogP contribution in [-0.4, -0.2) is 44.2 Å². The van der Waals surface area contributed by atoms with Gasteiger partial charge in [0.1, 0.15) is 11.5 Å². The summed E-state index contributed by atoms with van der Waals surface area (Å²) in [7, 11) is 1.81. The van der Waals surface area contributed by atoms with Crippen molar-refractivity contribution in [1.29, 1.82) is 0 Å². The number of likely N-dealkylation sites (tertiary alicyclic amines) is 1. The van der Waals surface area contributed by atoms with Crippen LogP contribution in [0, 0.1) is 20.8 Å². The summed E-state index contributed by atoms with van der Waals surface area (Å²) in [6, 6.07) is 1.73. The van der Waals surface area contributed by atoms with Crippen molar-refractivity contribution in [3.8, 4) is 0 Å². The molecule has 0 radical (unpaired) electrons. The third kappa shape index (κ3) is 3.79. The van der Waals surface area contributed by atoms with Crippen LogP contribution >= 0.6 is 0 Å². The van der Waals surface area contributed by atoms with Gasteiger partial charge < -0.3 is 14.7 Å². The van der Waals surface area contributed by atoms with Crippen LogP contribution in [0.5, 0.6) is 0 Å². The van der Waals surface area contributed by atoms with E-state index in [1.807, 2.05) is 32.7 Å². The maximum atomic E-state index is 12.5. The van der Waals surface area contributed by atoms with Crippen molar-refractivity contribution in [2.45, 2.75) is 52.6 Å². The topological polar surface area (TPSA) is 93.3 Å². The van der Waals surface area contributed by atoms with Gasteiger partial charge in [0.15, 0.2) is 0 Å². The molecule has 0 aliphatic carbocycles. The van der Waals surface area contributed by atoms with Crippen LogP contribution in [0.4, 0.5) is 0 Å². The van der Waals surface area contributed by atoms with Crippen molar-refractivity contribution in [2.75, 3.05) is 6.54 Å². The minimum absolute atomic E-state index is 0.0385. The normalized spacial score (nSPS) is 18.1. The van der Waals surface area contributed by atoms with E-state index >= 15 is 0 Å². The van der Waals surface area contributed by atoms with Gasteiger partial charge in [-0.3, -0.25) is 14.3 Å². The first-order chi connectivity index (χ1) is 12.3. The molecule has 1 unspecified atom stereocenters. The molecule has 3 heterocycles. The summed E-state index contributed by atoms with van der Waals surface area (Å²) >= 11 is 0. The van der Waals surface area contributed by atoms with Crippen LogP contribution in [0.25, 0.3) is 0 Å². The predicted molar refractivity (Wildman–Crippen MR) is 94.4 cm³/mol. The van der Waals surface area contributed by atoms with Crippen molar-refractivity contribution < 1.29 is 14.1 Å². The van der Waals surface area contributed by atoms with Crippen LogP contribution in [0.2, 0.25) is 0 Å². The molecule has 1 saturated heterocycles. The van der Waals surface area contributed by atoms with Gasteiger partial charge in [0.2, 0.25) is 5.91 Å². The Bertz CT molecular complexity index is 784. The van der Waals surface area contributed by atoms with Crippen LogP contribution in [0.3, 0.4) is 0 Å². The number of nitrogens with zero attached hydrogens (tertiary/aromatic N) is 4. The first kappa shape index (κ1) is 18.2. The highest BCUT2D eigenvalue weighted by Gasteiger charge is 2.26. The molecule has 8 nitrogen and oxygen atoms in total. The number of carbonyl (C=O) groups is 2. The minimum Gasteiger partial charge on any atom is -0.361 e. The minimum atomic E-state index is -0.190. The Balaban J connectivity index is 1.61. The molecular weight excluding hydrogens is 334 g/mol. The summed E-state index contributed by atoms with van der Waals surface area (Å²) in [5.74, 6) is 0.649. The molecule has 2 amide bonds. The van der Waals surface area contributed by atoms with Gasteiger partial charge in [0.05, 0.1) is 12.2 Å². The fourth-order valence-corrected chi connectivity index (χ4v) is 3.20. The number of hydrogen-bond donors (Lipinski definition) is 1. The monoisotopic (exact) mass is 359 g/mol. The average Bonchev–Trinajstić information content (AvgIpc) is 3.04. The second kappa shape index (κ2) is 7.31. The lowest BCUT2D eigenvalue weighted by molar-refractivity contribution is -0.131. The average molecular weight is 359 g/mol. The molecule has 1 N–H and O–H groups in total. The number of aromatic nitrogens is 3. The molecule has 1 fully saturated rings. The van der Waals surface area contributed by atoms with Crippen molar-refractivity contribution in [3.05, 3.63) is 34.5 Å². The van der Waals surface area contributed by atoms with Crippen molar-refractivity contribution in [3.63, 3.8) is 0 Å². The third-order valence-electron chi connectivity index (χ3n) is 5.02. The van der Waals surface area contributed by atoms with E-state index < -0.39 is 0 Å². The van der Waals surface area contributed by atoms with Crippen molar-refractivity contribution >= 4 is 11.8 Å². The number of amides is 2. The summed E-state index contributed by atoms with van der Waals surface area (Å²) in [4.78, 5) is 26.7. The van der Waals surface area contributed by atoms with E-state index in [9.17, 15) is 9.59 Å². The van der Waals surface area contributed by atoms with Gasteiger partial charge in [-0.05, 0) is 39.7 Å². The molecule has 1 aliphatic rings. The van der Waals surface area contributed by atoms with Gasteiger partial charge in [-0.2, -0.15) is 5.10 Å². The van der Waals surface area contributed by atoms with Gasteiger partial charge in [-0.1, -0.05) is 5.16 Å². The SMILES string of the molecule is Cc1noc(C)c1CN1CCC(NC(=O)c2cc(C)n(C)n2)CCC1=O. The number of hydrogen-bond acceptors (Lipinski definition) is 5. The lowest BCUT2D eigenvalue weighted by Crippen LogP contribution is -2.36. The molecule has 1 aliphatic heterocycles. The molecule has 0 aromatic carbocycles. The smallest absolute Gasteiger partial charge is 0.272 e. The molecule has 140 valence electrons. The van der Waals surface area contributed by atoms with Crippen molar-refractivity contribution in [1.82, 2.24) is 25.2 Å².